The van der Waals surface area contributed by atoms with Crippen LogP contribution in [-0.4, -0.2) is 35.5 Å². The van der Waals surface area contributed by atoms with E-state index in [0.717, 1.165) is 0 Å². The molecule has 1 fully saturated rings. The third-order valence-corrected chi connectivity index (χ3v) is 2.44. The van der Waals surface area contributed by atoms with E-state index in [1.807, 2.05) is 0 Å². The molecule has 1 aliphatic heterocycles. The van der Waals surface area contributed by atoms with Crippen molar-refractivity contribution in [1.29, 1.82) is 0 Å². The van der Waals surface area contributed by atoms with Crippen molar-refractivity contribution in [3.8, 4) is 12.3 Å². The van der Waals surface area contributed by atoms with Crippen LogP contribution < -0.4 is 0 Å². The Kier molecular flexibility index (Phi) is 2.28. The van der Waals surface area contributed by atoms with Crippen LogP contribution in [0.1, 0.15) is 12.8 Å². The third kappa shape index (κ3) is 1.26. The summed E-state index contributed by atoms with van der Waals surface area (Å²) in [4.78, 5) is 23.8. The fraction of sp³-hybridized carbons (Fsp3) is 0.556. The summed E-state index contributed by atoms with van der Waals surface area (Å²) in [5.74, 6) is 0.766. The van der Waals surface area contributed by atoms with Gasteiger partial charge < -0.3 is 10.0 Å². The summed E-state index contributed by atoms with van der Waals surface area (Å²) >= 11 is 0. The minimum atomic E-state index is -1.36. The maximum absolute atomic E-state index is 11.5. The lowest BCUT2D eigenvalue weighted by molar-refractivity contribution is -0.155. The van der Waals surface area contributed by atoms with Gasteiger partial charge in [-0.05, 0) is 6.42 Å². The van der Waals surface area contributed by atoms with Gasteiger partial charge in [0.2, 0.25) is 5.91 Å². The number of amides is 1. The van der Waals surface area contributed by atoms with E-state index in [-0.39, 0.29) is 12.3 Å². The standard InChI is InChI=1S/C9H11NO3/c1-3-4-9(8(12)13)5-6-10(2)7(9)11/h1H,4-6H2,2H3,(H,12,13)/t9-/m1/s1. The van der Waals surface area contributed by atoms with Gasteiger partial charge in [-0.3, -0.25) is 9.59 Å². The number of nitrogens with zero attached hydrogens (tertiary/aromatic N) is 1. The second-order valence-corrected chi connectivity index (χ2v) is 3.24. The Morgan fingerprint density at radius 3 is 2.77 bits per heavy atom. The number of rotatable bonds is 2. The smallest absolute Gasteiger partial charge is 0.320 e. The van der Waals surface area contributed by atoms with Crippen LogP contribution >= 0.6 is 0 Å². The molecule has 1 amide bonds. The van der Waals surface area contributed by atoms with Crippen molar-refractivity contribution in [3.05, 3.63) is 0 Å². The Balaban J connectivity index is 3.00. The maximum Gasteiger partial charge on any atom is 0.320 e. The number of likely N-dealkylation sites (tertiary alicyclic amines) is 1. The van der Waals surface area contributed by atoms with Crippen LogP contribution in [0.2, 0.25) is 0 Å². The number of carboxylic acid groups (broad SMARTS) is 1. The number of aliphatic carboxylic acids is 1. The van der Waals surface area contributed by atoms with E-state index in [2.05, 4.69) is 5.92 Å². The predicted molar refractivity (Wildman–Crippen MR) is 45.8 cm³/mol. The van der Waals surface area contributed by atoms with Crippen molar-refractivity contribution >= 4 is 11.9 Å². The fourth-order valence-electron chi connectivity index (χ4n) is 1.54. The van der Waals surface area contributed by atoms with Crippen LogP contribution in [0.15, 0.2) is 0 Å². The molecular weight excluding hydrogens is 170 g/mol. The van der Waals surface area contributed by atoms with E-state index >= 15 is 0 Å². The number of hydrogen-bond donors (Lipinski definition) is 1. The average Bonchev–Trinajstić information content (AvgIpc) is 2.34. The summed E-state index contributed by atoms with van der Waals surface area (Å²) in [5, 5.41) is 8.94. The number of carbonyl (C=O) groups excluding carboxylic acids is 1. The summed E-state index contributed by atoms with van der Waals surface area (Å²) in [6.45, 7) is 0.465. The molecular formula is C9H11NO3. The summed E-state index contributed by atoms with van der Waals surface area (Å²) in [6, 6.07) is 0. The minimum Gasteiger partial charge on any atom is -0.480 e. The molecule has 0 bridgehead atoms. The minimum absolute atomic E-state index is 0.0223. The van der Waals surface area contributed by atoms with Gasteiger partial charge >= 0.3 is 5.97 Å². The number of carboxylic acids is 1. The van der Waals surface area contributed by atoms with E-state index in [9.17, 15) is 9.59 Å². The van der Waals surface area contributed by atoms with Crippen molar-refractivity contribution in [1.82, 2.24) is 4.90 Å². The Labute approximate surface area is 76.5 Å². The van der Waals surface area contributed by atoms with Gasteiger partial charge in [-0.25, -0.2) is 0 Å². The van der Waals surface area contributed by atoms with Crippen LogP contribution in [0, 0.1) is 17.8 Å². The largest absolute Gasteiger partial charge is 0.480 e. The second kappa shape index (κ2) is 3.09. The van der Waals surface area contributed by atoms with Crippen LogP contribution in [0.3, 0.4) is 0 Å². The zero-order valence-electron chi connectivity index (χ0n) is 7.41. The van der Waals surface area contributed by atoms with Gasteiger partial charge in [0.15, 0.2) is 5.41 Å². The third-order valence-electron chi connectivity index (χ3n) is 2.44. The van der Waals surface area contributed by atoms with Crippen molar-refractivity contribution in [2.24, 2.45) is 5.41 Å². The molecule has 13 heavy (non-hydrogen) atoms. The zero-order valence-corrected chi connectivity index (χ0v) is 7.41. The average molecular weight is 181 g/mol. The van der Waals surface area contributed by atoms with Crippen LogP contribution in [0.5, 0.6) is 0 Å². The molecule has 4 nitrogen and oxygen atoms in total. The Hall–Kier alpha value is -1.50. The first kappa shape index (κ1) is 9.59. The molecule has 0 spiro atoms. The van der Waals surface area contributed by atoms with E-state index in [1.165, 1.54) is 4.90 Å². The summed E-state index contributed by atoms with van der Waals surface area (Å²) < 4.78 is 0. The molecule has 0 aromatic heterocycles. The number of hydrogen-bond acceptors (Lipinski definition) is 2. The molecule has 70 valence electrons. The molecule has 1 heterocycles. The highest BCUT2D eigenvalue weighted by Crippen LogP contribution is 2.34. The highest BCUT2D eigenvalue weighted by molar-refractivity contribution is 6.03. The summed E-state index contributed by atoms with van der Waals surface area (Å²) in [6.07, 6.45) is 5.34. The Morgan fingerprint density at radius 2 is 2.46 bits per heavy atom. The second-order valence-electron chi connectivity index (χ2n) is 3.24. The lowest BCUT2D eigenvalue weighted by Gasteiger charge is -2.18. The molecule has 0 aromatic rings. The van der Waals surface area contributed by atoms with Crippen molar-refractivity contribution in [2.45, 2.75) is 12.8 Å². The van der Waals surface area contributed by atoms with Gasteiger partial charge in [-0.1, -0.05) is 0 Å². The Bertz CT molecular complexity index is 292. The monoisotopic (exact) mass is 181 g/mol. The fourth-order valence-corrected chi connectivity index (χ4v) is 1.54. The first-order chi connectivity index (χ1) is 6.04. The Morgan fingerprint density at radius 1 is 1.85 bits per heavy atom. The van der Waals surface area contributed by atoms with Gasteiger partial charge in [-0.2, -0.15) is 0 Å². The van der Waals surface area contributed by atoms with Crippen molar-refractivity contribution in [3.63, 3.8) is 0 Å². The molecule has 0 saturated carbocycles. The van der Waals surface area contributed by atoms with Crippen LogP contribution in [-0.2, 0) is 9.59 Å². The topological polar surface area (TPSA) is 57.6 Å². The van der Waals surface area contributed by atoms with Crippen LogP contribution in [0.25, 0.3) is 0 Å². The normalized spacial score (nSPS) is 27.4. The molecule has 1 rings (SSSR count). The summed E-state index contributed by atoms with van der Waals surface area (Å²) in [7, 11) is 1.59. The van der Waals surface area contributed by atoms with E-state index < -0.39 is 11.4 Å². The van der Waals surface area contributed by atoms with E-state index in [1.54, 1.807) is 7.05 Å². The zero-order chi connectivity index (χ0) is 10.1. The van der Waals surface area contributed by atoms with Crippen molar-refractivity contribution < 1.29 is 14.7 Å². The molecule has 1 saturated heterocycles. The van der Waals surface area contributed by atoms with Gasteiger partial charge in [0.25, 0.3) is 0 Å². The van der Waals surface area contributed by atoms with Gasteiger partial charge in [-0.15, -0.1) is 12.3 Å². The highest BCUT2D eigenvalue weighted by Gasteiger charge is 2.51. The predicted octanol–water partition coefficient (Wildman–Crippen LogP) is -0.0572. The molecule has 0 aromatic carbocycles. The maximum atomic E-state index is 11.5. The van der Waals surface area contributed by atoms with Gasteiger partial charge in [0, 0.05) is 20.0 Å². The summed E-state index contributed by atoms with van der Waals surface area (Å²) in [5.41, 5.74) is -1.36. The van der Waals surface area contributed by atoms with Crippen molar-refractivity contribution in [2.75, 3.05) is 13.6 Å². The molecule has 4 heteroatoms. The first-order valence-electron chi connectivity index (χ1n) is 3.97. The molecule has 1 N–H and O–H groups in total. The van der Waals surface area contributed by atoms with E-state index in [4.69, 9.17) is 11.5 Å². The van der Waals surface area contributed by atoms with Gasteiger partial charge in [0.1, 0.15) is 0 Å². The molecule has 1 aliphatic rings. The molecule has 0 radical (unpaired) electrons. The molecule has 0 unspecified atom stereocenters. The van der Waals surface area contributed by atoms with Crippen LogP contribution in [0.4, 0.5) is 0 Å². The highest BCUT2D eigenvalue weighted by atomic mass is 16.4. The molecule has 1 atom stereocenters. The first-order valence-corrected chi connectivity index (χ1v) is 3.97. The number of terminal acetylenes is 1. The lowest BCUT2D eigenvalue weighted by atomic mass is 9.83. The molecule has 0 aliphatic carbocycles. The quantitative estimate of drug-likeness (QED) is 0.479. The SMILES string of the molecule is C#CC[C@@]1(C(=O)O)CCN(C)C1=O. The van der Waals surface area contributed by atoms with Gasteiger partial charge in [0.05, 0.1) is 0 Å². The number of carbonyl (C=O) groups is 2. The lowest BCUT2D eigenvalue weighted by Crippen LogP contribution is -2.39. The van der Waals surface area contributed by atoms with E-state index in [0.29, 0.717) is 13.0 Å².